The molecule has 0 unspecified atom stereocenters. The minimum absolute atomic E-state index is 0.251. The molecule has 0 saturated carbocycles. The van der Waals surface area contributed by atoms with Crippen LogP contribution in [0.2, 0.25) is 5.02 Å². The van der Waals surface area contributed by atoms with E-state index in [1.807, 2.05) is 6.07 Å². The Labute approximate surface area is 126 Å². The van der Waals surface area contributed by atoms with Crippen molar-refractivity contribution in [1.82, 2.24) is 10.2 Å². The molecular formula is C16H24ClFN2. The smallest absolute Gasteiger partial charge is 0.125 e. The van der Waals surface area contributed by atoms with Crippen molar-refractivity contribution in [3.05, 3.63) is 34.6 Å². The van der Waals surface area contributed by atoms with Crippen LogP contribution in [0.1, 0.15) is 39.2 Å². The Kier molecular flexibility index (Phi) is 5.05. The lowest BCUT2D eigenvalue weighted by Crippen LogP contribution is -2.49. The highest BCUT2D eigenvalue weighted by Crippen LogP contribution is 2.20. The standard InChI is InChI=1S/C16H24ClFN2/c1-16(2,3)20-6-4-15(5-7-20)19-11-12-8-13(17)10-14(18)9-12/h8-10,15,19H,4-7,11H2,1-3H3. The summed E-state index contributed by atoms with van der Waals surface area (Å²) in [6.45, 7) is 9.69. The Morgan fingerprint density at radius 1 is 1.25 bits per heavy atom. The lowest BCUT2D eigenvalue weighted by atomic mass is 9.98. The van der Waals surface area contributed by atoms with Gasteiger partial charge in [-0.25, -0.2) is 4.39 Å². The van der Waals surface area contributed by atoms with E-state index in [1.165, 1.54) is 6.07 Å². The van der Waals surface area contributed by atoms with E-state index in [-0.39, 0.29) is 11.4 Å². The second-order valence-corrected chi connectivity index (χ2v) is 7.03. The number of benzene rings is 1. The van der Waals surface area contributed by atoms with E-state index in [4.69, 9.17) is 11.6 Å². The maximum Gasteiger partial charge on any atom is 0.125 e. The Morgan fingerprint density at radius 3 is 2.45 bits per heavy atom. The number of nitrogens with zero attached hydrogens (tertiary/aromatic N) is 1. The van der Waals surface area contributed by atoms with E-state index >= 15 is 0 Å². The average molecular weight is 299 g/mol. The number of piperidine rings is 1. The molecule has 1 aromatic rings. The van der Waals surface area contributed by atoms with E-state index in [0.717, 1.165) is 31.5 Å². The van der Waals surface area contributed by atoms with Crippen LogP contribution in [0, 0.1) is 5.82 Å². The largest absolute Gasteiger partial charge is 0.310 e. The topological polar surface area (TPSA) is 15.3 Å². The molecule has 1 N–H and O–H groups in total. The predicted octanol–water partition coefficient (Wildman–Crippen LogP) is 3.83. The van der Waals surface area contributed by atoms with Gasteiger partial charge in [-0.3, -0.25) is 4.90 Å². The molecule has 0 spiro atoms. The zero-order valence-electron chi connectivity index (χ0n) is 12.5. The number of hydrogen-bond acceptors (Lipinski definition) is 2. The summed E-state index contributed by atoms with van der Waals surface area (Å²) in [4.78, 5) is 2.52. The highest BCUT2D eigenvalue weighted by atomic mass is 35.5. The zero-order valence-corrected chi connectivity index (χ0v) is 13.3. The van der Waals surface area contributed by atoms with Gasteiger partial charge in [-0.1, -0.05) is 11.6 Å². The Hall–Kier alpha value is -0.640. The van der Waals surface area contributed by atoms with Gasteiger partial charge in [-0.05, 0) is 57.4 Å². The lowest BCUT2D eigenvalue weighted by molar-refractivity contribution is 0.0960. The minimum atomic E-state index is -0.267. The molecule has 20 heavy (non-hydrogen) atoms. The van der Waals surface area contributed by atoms with Gasteiger partial charge in [-0.2, -0.15) is 0 Å². The van der Waals surface area contributed by atoms with Crippen molar-refractivity contribution >= 4 is 11.6 Å². The summed E-state index contributed by atoms with van der Waals surface area (Å²) >= 11 is 5.87. The number of halogens is 2. The molecule has 0 amide bonds. The fraction of sp³-hybridized carbons (Fsp3) is 0.625. The second-order valence-electron chi connectivity index (χ2n) is 6.59. The fourth-order valence-corrected chi connectivity index (χ4v) is 2.97. The van der Waals surface area contributed by atoms with Crippen LogP contribution in [0.15, 0.2) is 18.2 Å². The van der Waals surface area contributed by atoms with E-state index in [2.05, 4.69) is 31.0 Å². The third kappa shape index (κ3) is 4.44. The summed E-state index contributed by atoms with van der Waals surface area (Å²) in [5.74, 6) is -0.267. The summed E-state index contributed by atoms with van der Waals surface area (Å²) in [7, 11) is 0. The molecule has 2 nitrogen and oxygen atoms in total. The molecule has 0 aromatic heterocycles. The van der Waals surface area contributed by atoms with Crippen LogP contribution in [-0.4, -0.2) is 29.6 Å². The molecule has 4 heteroatoms. The van der Waals surface area contributed by atoms with Gasteiger partial charge in [0.05, 0.1) is 0 Å². The summed E-state index contributed by atoms with van der Waals surface area (Å²) in [6.07, 6.45) is 2.28. The number of hydrogen-bond donors (Lipinski definition) is 1. The quantitative estimate of drug-likeness (QED) is 0.912. The van der Waals surface area contributed by atoms with Gasteiger partial charge >= 0.3 is 0 Å². The molecular weight excluding hydrogens is 275 g/mol. The van der Waals surface area contributed by atoms with Gasteiger partial charge in [0.1, 0.15) is 5.82 Å². The third-order valence-corrected chi connectivity index (χ3v) is 4.18. The fourth-order valence-electron chi connectivity index (χ4n) is 2.73. The highest BCUT2D eigenvalue weighted by molar-refractivity contribution is 6.30. The first-order valence-electron chi connectivity index (χ1n) is 7.28. The van der Waals surface area contributed by atoms with E-state index in [1.54, 1.807) is 6.07 Å². The van der Waals surface area contributed by atoms with Crippen molar-refractivity contribution in [3.8, 4) is 0 Å². The van der Waals surface area contributed by atoms with Crippen LogP contribution >= 0.6 is 11.6 Å². The molecule has 1 aromatic carbocycles. The third-order valence-electron chi connectivity index (χ3n) is 3.96. The van der Waals surface area contributed by atoms with Crippen LogP contribution < -0.4 is 5.32 Å². The van der Waals surface area contributed by atoms with Crippen molar-refractivity contribution in [2.24, 2.45) is 0 Å². The molecule has 0 radical (unpaired) electrons. The summed E-state index contributed by atoms with van der Waals surface area (Å²) < 4.78 is 13.3. The lowest BCUT2D eigenvalue weighted by Gasteiger charge is -2.41. The van der Waals surface area contributed by atoms with Gasteiger partial charge in [0.25, 0.3) is 0 Å². The summed E-state index contributed by atoms with van der Waals surface area (Å²) in [6, 6.07) is 5.22. The predicted molar refractivity (Wildman–Crippen MR) is 82.6 cm³/mol. The Balaban J connectivity index is 1.81. The molecule has 1 fully saturated rings. The van der Waals surface area contributed by atoms with Crippen LogP contribution in [0.5, 0.6) is 0 Å². The number of nitrogens with one attached hydrogen (secondary N) is 1. The molecule has 2 rings (SSSR count). The maximum absolute atomic E-state index is 13.3. The first-order chi connectivity index (χ1) is 9.34. The Bertz CT molecular complexity index is 428. The summed E-state index contributed by atoms with van der Waals surface area (Å²) in [5, 5.41) is 3.97. The molecule has 1 aliphatic heterocycles. The average Bonchev–Trinajstić information content (AvgIpc) is 2.35. The molecule has 0 atom stereocenters. The van der Waals surface area contributed by atoms with Crippen molar-refractivity contribution in [2.45, 2.75) is 51.7 Å². The molecule has 1 saturated heterocycles. The van der Waals surface area contributed by atoms with Crippen LogP contribution in [0.25, 0.3) is 0 Å². The first kappa shape index (κ1) is 15.7. The molecule has 0 bridgehead atoms. The summed E-state index contributed by atoms with van der Waals surface area (Å²) in [5.41, 5.74) is 1.16. The van der Waals surface area contributed by atoms with Crippen LogP contribution in [0.3, 0.4) is 0 Å². The van der Waals surface area contributed by atoms with E-state index in [9.17, 15) is 4.39 Å². The zero-order chi connectivity index (χ0) is 14.8. The van der Waals surface area contributed by atoms with Gasteiger partial charge in [0, 0.05) is 36.2 Å². The molecule has 112 valence electrons. The molecule has 1 heterocycles. The number of rotatable bonds is 3. The van der Waals surface area contributed by atoms with Gasteiger partial charge < -0.3 is 5.32 Å². The van der Waals surface area contributed by atoms with Gasteiger partial charge in [0.2, 0.25) is 0 Å². The van der Waals surface area contributed by atoms with Crippen molar-refractivity contribution < 1.29 is 4.39 Å². The maximum atomic E-state index is 13.3. The van der Waals surface area contributed by atoms with Crippen molar-refractivity contribution in [3.63, 3.8) is 0 Å². The van der Waals surface area contributed by atoms with Gasteiger partial charge in [-0.15, -0.1) is 0 Å². The molecule has 0 aliphatic carbocycles. The van der Waals surface area contributed by atoms with Crippen molar-refractivity contribution in [1.29, 1.82) is 0 Å². The minimum Gasteiger partial charge on any atom is -0.310 e. The highest BCUT2D eigenvalue weighted by Gasteiger charge is 2.26. The SMILES string of the molecule is CC(C)(C)N1CCC(NCc2cc(F)cc(Cl)c2)CC1. The number of likely N-dealkylation sites (tertiary alicyclic amines) is 1. The van der Waals surface area contributed by atoms with Crippen LogP contribution in [-0.2, 0) is 6.54 Å². The van der Waals surface area contributed by atoms with E-state index < -0.39 is 0 Å². The van der Waals surface area contributed by atoms with Crippen LogP contribution in [0.4, 0.5) is 4.39 Å². The second kappa shape index (κ2) is 6.42. The van der Waals surface area contributed by atoms with E-state index in [0.29, 0.717) is 17.6 Å². The Morgan fingerprint density at radius 2 is 1.90 bits per heavy atom. The normalized spacial score (nSPS) is 18.4. The first-order valence-corrected chi connectivity index (χ1v) is 7.66. The molecule has 1 aliphatic rings. The van der Waals surface area contributed by atoms with Crippen molar-refractivity contribution in [2.75, 3.05) is 13.1 Å². The van der Waals surface area contributed by atoms with Gasteiger partial charge in [0.15, 0.2) is 0 Å². The monoisotopic (exact) mass is 298 g/mol.